The van der Waals surface area contributed by atoms with Gasteiger partial charge in [0.2, 0.25) is 0 Å². The molecule has 0 aliphatic heterocycles. The number of carbonyl (C=O) groups excluding carboxylic acids is 1. The van der Waals surface area contributed by atoms with Gasteiger partial charge in [0.1, 0.15) is 0 Å². The largest absolute Gasteiger partial charge is 0.310 e. The van der Waals surface area contributed by atoms with Gasteiger partial charge in [0.15, 0.2) is 5.78 Å². The molecular weight excluding hydrogens is 474 g/mol. The van der Waals surface area contributed by atoms with Gasteiger partial charge in [-0.2, -0.15) is 0 Å². The second kappa shape index (κ2) is 8.95. The molecule has 0 unspecified atom stereocenters. The van der Waals surface area contributed by atoms with Gasteiger partial charge in [0, 0.05) is 33.3 Å². The fourth-order valence-electron chi connectivity index (χ4n) is 5.71. The van der Waals surface area contributed by atoms with Crippen LogP contribution in [0.3, 0.4) is 0 Å². The van der Waals surface area contributed by atoms with E-state index in [4.69, 9.17) is 0 Å². The van der Waals surface area contributed by atoms with Gasteiger partial charge in [0.05, 0.1) is 5.69 Å². The zero-order valence-corrected chi connectivity index (χ0v) is 23.7. The molecule has 39 heavy (non-hydrogen) atoms. The highest BCUT2D eigenvalue weighted by atomic mass is 16.1. The minimum absolute atomic E-state index is 0.0751. The van der Waals surface area contributed by atoms with Crippen LogP contribution in [0.2, 0.25) is 0 Å². The quantitative estimate of drug-likeness (QED) is 0.236. The SMILES string of the molecule is CC(C)(C)c1ccc(N(c2ccc(C(C)(C)C)cc2)c2ccc3c4c(cccc24)C(=O)c2ccccc2-3)cc1. The van der Waals surface area contributed by atoms with Gasteiger partial charge in [-0.15, -0.1) is 0 Å². The predicted molar refractivity (Wildman–Crippen MR) is 165 cm³/mol. The number of nitrogens with zero attached hydrogens (tertiary/aromatic N) is 1. The number of fused-ring (bicyclic) bond motifs is 2. The topological polar surface area (TPSA) is 20.3 Å². The molecule has 0 atom stereocenters. The lowest BCUT2D eigenvalue weighted by Crippen LogP contribution is -2.15. The number of ketones is 1. The van der Waals surface area contributed by atoms with Gasteiger partial charge in [0.25, 0.3) is 0 Å². The molecule has 0 saturated heterocycles. The van der Waals surface area contributed by atoms with Crippen LogP contribution < -0.4 is 4.90 Å². The van der Waals surface area contributed by atoms with Crippen molar-refractivity contribution in [2.45, 2.75) is 52.4 Å². The maximum Gasteiger partial charge on any atom is 0.194 e. The van der Waals surface area contributed by atoms with Crippen LogP contribution in [0.4, 0.5) is 17.1 Å². The number of anilines is 3. The fourth-order valence-corrected chi connectivity index (χ4v) is 5.71. The molecule has 0 fully saturated rings. The summed E-state index contributed by atoms with van der Waals surface area (Å²) >= 11 is 0. The van der Waals surface area contributed by atoms with Crippen molar-refractivity contribution in [2.75, 3.05) is 4.90 Å². The molecule has 0 spiro atoms. The lowest BCUT2D eigenvalue weighted by Gasteiger charge is -2.30. The van der Waals surface area contributed by atoms with Crippen molar-refractivity contribution in [3.05, 3.63) is 125 Å². The molecule has 0 bridgehead atoms. The van der Waals surface area contributed by atoms with Crippen molar-refractivity contribution in [1.82, 2.24) is 0 Å². The first-order chi connectivity index (χ1) is 18.5. The Morgan fingerprint density at radius 1 is 0.487 bits per heavy atom. The average Bonchev–Trinajstić information content (AvgIpc) is 2.92. The number of rotatable bonds is 3. The lowest BCUT2D eigenvalue weighted by molar-refractivity contribution is 0.104. The van der Waals surface area contributed by atoms with Crippen molar-refractivity contribution >= 4 is 33.6 Å². The zero-order chi connectivity index (χ0) is 27.5. The summed E-state index contributed by atoms with van der Waals surface area (Å²) in [4.78, 5) is 15.9. The van der Waals surface area contributed by atoms with Crippen LogP contribution in [0.15, 0.2) is 103 Å². The van der Waals surface area contributed by atoms with Crippen LogP contribution in [0.25, 0.3) is 21.9 Å². The number of carbonyl (C=O) groups is 1. The Labute approximate surface area is 231 Å². The third-order valence-electron chi connectivity index (χ3n) is 7.95. The summed E-state index contributed by atoms with van der Waals surface area (Å²) in [5, 5.41) is 2.11. The third-order valence-corrected chi connectivity index (χ3v) is 7.95. The molecule has 194 valence electrons. The summed E-state index contributed by atoms with van der Waals surface area (Å²) in [5.41, 5.74) is 9.67. The Balaban J connectivity index is 1.60. The van der Waals surface area contributed by atoms with E-state index in [-0.39, 0.29) is 16.6 Å². The third kappa shape index (κ3) is 4.25. The van der Waals surface area contributed by atoms with Crippen LogP contribution in [0, 0.1) is 0 Å². The lowest BCUT2D eigenvalue weighted by atomic mass is 9.82. The van der Waals surface area contributed by atoms with Gasteiger partial charge < -0.3 is 4.90 Å². The second-order valence-corrected chi connectivity index (χ2v) is 12.7. The number of hydrogen-bond acceptors (Lipinski definition) is 2. The van der Waals surface area contributed by atoms with E-state index in [2.05, 4.69) is 119 Å². The highest BCUT2D eigenvalue weighted by molar-refractivity contribution is 6.27. The van der Waals surface area contributed by atoms with Crippen LogP contribution in [0.1, 0.15) is 68.6 Å². The van der Waals surface area contributed by atoms with E-state index < -0.39 is 0 Å². The van der Waals surface area contributed by atoms with Crippen molar-refractivity contribution in [3.8, 4) is 11.1 Å². The molecule has 0 aromatic heterocycles. The van der Waals surface area contributed by atoms with Crippen LogP contribution in [0.5, 0.6) is 0 Å². The van der Waals surface area contributed by atoms with Crippen LogP contribution >= 0.6 is 0 Å². The highest BCUT2D eigenvalue weighted by Gasteiger charge is 2.27. The van der Waals surface area contributed by atoms with Crippen LogP contribution in [-0.4, -0.2) is 5.78 Å². The van der Waals surface area contributed by atoms with E-state index in [1.54, 1.807) is 0 Å². The summed E-state index contributed by atoms with van der Waals surface area (Å²) in [7, 11) is 0. The Kier molecular flexibility index (Phi) is 5.77. The molecule has 6 rings (SSSR count). The van der Waals surface area contributed by atoms with E-state index >= 15 is 0 Å². The summed E-state index contributed by atoms with van der Waals surface area (Å²) in [6.45, 7) is 13.5. The van der Waals surface area contributed by atoms with E-state index in [1.807, 2.05) is 30.3 Å². The molecule has 1 aliphatic carbocycles. The maximum absolute atomic E-state index is 13.6. The molecule has 2 nitrogen and oxygen atoms in total. The Morgan fingerprint density at radius 2 is 1.00 bits per heavy atom. The molecule has 1 aliphatic rings. The molecule has 0 radical (unpaired) electrons. The van der Waals surface area contributed by atoms with E-state index in [0.717, 1.165) is 50.1 Å². The molecule has 5 aromatic carbocycles. The summed E-state index contributed by atoms with van der Waals surface area (Å²) < 4.78 is 0. The molecule has 0 saturated carbocycles. The van der Waals surface area contributed by atoms with E-state index in [9.17, 15) is 4.79 Å². The fraction of sp³-hybridized carbons (Fsp3) is 0.216. The number of hydrogen-bond donors (Lipinski definition) is 0. The molecule has 0 heterocycles. The Bertz CT molecular complexity index is 1650. The first-order valence-electron chi connectivity index (χ1n) is 13.7. The maximum atomic E-state index is 13.6. The van der Waals surface area contributed by atoms with E-state index in [1.165, 1.54) is 11.1 Å². The number of benzene rings is 5. The predicted octanol–water partition coefficient (Wildman–Crippen LogP) is 10.1. The molecule has 2 heteroatoms. The van der Waals surface area contributed by atoms with Crippen molar-refractivity contribution in [2.24, 2.45) is 0 Å². The van der Waals surface area contributed by atoms with Gasteiger partial charge in [-0.05, 0) is 63.4 Å². The minimum Gasteiger partial charge on any atom is -0.310 e. The summed E-state index contributed by atoms with van der Waals surface area (Å²) in [6.07, 6.45) is 0. The van der Waals surface area contributed by atoms with E-state index in [0.29, 0.717) is 0 Å². The average molecular weight is 510 g/mol. The molecule has 0 amide bonds. The summed E-state index contributed by atoms with van der Waals surface area (Å²) in [6, 6.07) is 36.3. The van der Waals surface area contributed by atoms with Crippen molar-refractivity contribution in [1.29, 1.82) is 0 Å². The summed E-state index contributed by atoms with van der Waals surface area (Å²) in [5.74, 6) is 0.0939. The van der Waals surface area contributed by atoms with Gasteiger partial charge in [-0.1, -0.05) is 114 Å². The first kappa shape index (κ1) is 25.1. The van der Waals surface area contributed by atoms with Gasteiger partial charge in [-0.3, -0.25) is 4.79 Å². The zero-order valence-electron chi connectivity index (χ0n) is 23.7. The van der Waals surface area contributed by atoms with Gasteiger partial charge >= 0.3 is 0 Å². The highest BCUT2D eigenvalue weighted by Crippen LogP contribution is 2.46. The van der Waals surface area contributed by atoms with Crippen LogP contribution in [-0.2, 0) is 10.8 Å². The standard InChI is InChI=1S/C37H35NO/c1-36(2,3)24-14-18-26(19-15-24)38(27-20-16-25(17-21-27)37(4,5)6)33-23-22-29-28-10-7-8-11-30(28)35(39)32-13-9-12-31(33)34(29)32/h7-23H,1-6H3. The van der Waals surface area contributed by atoms with Gasteiger partial charge in [-0.25, -0.2) is 0 Å². The Hall–Kier alpha value is -4.17. The second-order valence-electron chi connectivity index (χ2n) is 12.7. The monoisotopic (exact) mass is 509 g/mol. The molecule has 0 N–H and O–H groups in total. The molecule has 5 aromatic rings. The minimum atomic E-state index is 0.0751. The van der Waals surface area contributed by atoms with Crippen molar-refractivity contribution in [3.63, 3.8) is 0 Å². The first-order valence-corrected chi connectivity index (χ1v) is 13.7. The normalized spacial score (nSPS) is 12.9. The van der Waals surface area contributed by atoms with Crippen molar-refractivity contribution < 1.29 is 4.79 Å². The molecular formula is C37H35NO. The smallest absolute Gasteiger partial charge is 0.194 e. The Morgan fingerprint density at radius 3 is 1.54 bits per heavy atom.